The lowest BCUT2D eigenvalue weighted by Crippen LogP contribution is -2.35. The van der Waals surface area contributed by atoms with Crippen LogP contribution in [0.1, 0.15) is 43.4 Å². The Bertz CT molecular complexity index is 748. The van der Waals surface area contributed by atoms with Crippen molar-refractivity contribution >= 4 is 5.91 Å². The lowest BCUT2D eigenvalue weighted by molar-refractivity contribution is -0.140. The molecule has 0 spiro atoms. The second kappa shape index (κ2) is 6.23. The lowest BCUT2D eigenvalue weighted by Gasteiger charge is -2.24. The molecule has 0 atom stereocenters. The summed E-state index contributed by atoms with van der Waals surface area (Å²) >= 11 is 0. The van der Waals surface area contributed by atoms with Gasteiger partial charge < -0.3 is 9.64 Å². The minimum absolute atomic E-state index is 0.150. The Balaban J connectivity index is 1.73. The topological polar surface area (TPSA) is 55.3 Å². The van der Waals surface area contributed by atoms with E-state index >= 15 is 0 Å². The van der Waals surface area contributed by atoms with E-state index in [1.807, 2.05) is 56.1 Å². The molecule has 2 aromatic rings. The van der Waals surface area contributed by atoms with Crippen LogP contribution in [0.3, 0.4) is 0 Å². The number of hydrogen-bond donors (Lipinski definition) is 0. The third-order valence-electron chi connectivity index (χ3n) is 4.16. The molecule has 24 heavy (non-hydrogen) atoms. The molecule has 5 nitrogen and oxygen atoms in total. The zero-order chi connectivity index (χ0) is 17.3. The molecule has 2 heterocycles. The zero-order valence-electron chi connectivity index (χ0n) is 14.7. The van der Waals surface area contributed by atoms with Gasteiger partial charge in [-0.05, 0) is 17.7 Å². The van der Waals surface area contributed by atoms with Crippen molar-refractivity contribution < 1.29 is 9.53 Å². The molecule has 0 fully saturated rings. The predicted molar refractivity (Wildman–Crippen MR) is 91.5 cm³/mol. The van der Waals surface area contributed by atoms with Crippen LogP contribution in [0, 0.1) is 5.41 Å². The first-order chi connectivity index (χ1) is 11.4. The van der Waals surface area contributed by atoms with Gasteiger partial charge in [0.25, 0.3) is 0 Å². The van der Waals surface area contributed by atoms with Crippen molar-refractivity contribution in [3.8, 4) is 5.75 Å². The summed E-state index contributed by atoms with van der Waals surface area (Å²) in [6.45, 7) is 7.01. The van der Waals surface area contributed by atoms with E-state index in [0.29, 0.717) is 19.5 Å². The molecule has 0 N–H and O–H groups in total. The molecule has 126 valence electrons. The first-order valence-corrected chi connectivity index (χ1v) is 8.13. The van der Waals surface area contributed by atoms with Gasteiger partial charge in [0, 0.05) is 30.1 Å². The van der Waals surface area contributed by atoms with E-state index in [0.717, 1.165) is 28.4 Å². The van der Waals surface area contributed by atoms with Gasteiger partial charge in [0.2, 0.25) is 5.91 Å². The Labute approximate surface area is 142 Å². The normalized spacial score (nSPS) is 13.8. The third kappa shape index (κ3) is 3.40. The summed E-state index contributed by atoms with van der Waals surface area (Å²) in [6.07, 6.45) is 2.53. The van der Waals surface area contributed by atoms with E-state index in [1.165, 1.54) is 0 Å². The zero-order valence-corrected chi connectivity index (χ0v) is 14.7. The van der Waals surface area contributed by atoms with Crippen molar-refractivity contribution in [2.75, 3.05) is 7.11 Å². The fourth-order valence-corrected chi connectivity index (χ4v) is 2.82. The van der Waals surface area contributed by atoms with Crippen molar-refractivity contribution in [2.45, 2.75) is 40.3 Å². The molecule has 1 aromatic carbocycles. The smallest absolute Gasteiger partial charge is 0.228 e. The van der Waals surface area contributed by atoms with Gasteiger partial charge in [0.05, 0.1) is 19.3 Å². The summed E-state index contributed by atoms with van der Waals surface area (Å²) in [4.78, 5) is 23.4. The number of methoxy groups -OCH3 is 1. The fourth-order valence-electron chi connectivity index (χ4n) is 2.82. The van der Waals surface area contributed by atoms with Crippen LogP contribution in [0.25, 0.3) is 0 Å². The number of nitrogens with zero attached hydrogens (tertiary/aromatic N) is 3. The molecule has 0 saturated carbocycles. The molecule has 0 saturated heterocycles. The van der Waals surface area contributed by atoms with Crippen LogP contribution in [0.15, 0.2) is 30.5 Å². The molecule has 1 aliphatic rings. The summed E-state index contributed by atoms with van der Waals surface area (Å²) in [6, 6.07) is 7.91. The number of ether oxygens (including phenoxy) is 1. The first kappa shape index (κ1) is 16.4. The number of carbonyl (C=O) groups excluding carboxylic acids is 1. The highest BCUT2D eigenvalue weighted by Gasteiger charge is 2.32. The summed E-state index contributed by atoms with van der Waals surface area (Å²) < 4.78 is 5.17. The van der Waals surface area contributed by atoms with E-state index in [9.17, 15) is 4.79 Å². The molecule has 1 aromatic heterocycles. The van der Waals surface area contributed by atoms with Gasteiger partial charge in [-0.1, -0.05) is 32.9 Å². The van der Waals surface area contributed by atoms with E-state index in [1.54, 1.807) is 7.11 Å². The van der Waals surface area contributed by atoms with Crippen molar-refractivity contribution in [2.24, 2.45) is 5.41 Å². The fraction of sp³-hybridized carbons (Fsp3) is 0.421. The molecule has 5 heteroatoms. The number of rotatable bonds is 3. The second-order valence-electron chi connectivity index (χ2n) is 7.19. The van der Waals surface area contributed by atoms with E-state index in [2.05, 4.69) is 9.97 Å². The van der Waals surface area contributed by atoms with E-state index in [-0.39, 0.29) is 11.3 Å². The highest BCUT2D eigenvalue weighted by Crippen LogP contribution is 2.26. The van der Waals surface area contributed by atoms with Crippen molar-refractivity contribution in [3.63, 3.8) is 0 Å². The van der Waals surface area contributed by atoms with Crippen LogP contribution in [0.5, 0.6) is 5.75 Å². The number of carbonyl (C=O) groups is 1. The average molecular weight is 325 g/mol. The van der Waals surface area contributed by atoms with Crippen molar-refractivity contribution in [1.29, 1.82) is 0 Å². The van der Waals surface area contributed by atoms with Gasteiger partial charge in [-0.25, -0.2) is 9.97 Å². The van der Waals surface area contributed by atoms with Crippen LogP contribution >= 0.6 is 0 Å². The Morgan fingerprint density at radius 1 is 1.21 bits per heavy atom. The standard InChI is InChI=1S/C19H23N3O2/c1-19(2,3)18(23)22-11-14-10-20-17(21-16(14)12-22)9-13-5-7-15(24-4)8-6-13/h5-8,10H,9,11-12H2,1-4H3. The number of amides is 1. The van der Waals surface area contributed by atoms with Gasteiger partial charge in [-0.2, -0.15) is 0 Å². The van der Waals surface area contributed by atoms with Crippen LogP contribution < -0.4 is 4.74 Å². The highest BCUT2D eigenvalue weighted by molar-refractivity contribution is 5.82. The van der Waals surface area contributed by atoms with Crippen LogP contribution in [0.4, 0.5) is 0 Å². The van der Waals surface area contributed by atoms with Crippen molar-refractivity contribution in [1.82, 2.24) is 14.9 Å². The summed E-state index contributed by atoms with van der Waals surface area (Å²) in [5.41, 5.74) is 2.77. The molecule has 0 aliphatic carbocycles. The predicted octanol–water partition coefficient (Wildman–Crippen LogP) is 2.96. The van der Waals surface area contributed by atoms with Crippen molar-refractivity contribution in [3.05, 3.63) is 53.1 Å². The Morgan fingerprint density at radius 2 is 1.92 bits per heavy atom. The average Bonchev–Trinajstić information content (AvgIpc) is 2.97. The van der Waals surface area contributed by atoms with E-state index in [4.69, 9.17) is 4.74 Å². The maximum atomic E-state index is 12.4. The molecule has 3 rings (SSSR count). The number of benzene rings is 1. The highest BCUT2D eigenvalue weighted by atomic mass is 16.5. The van der Waals surface area contributed by atoms with Gasteiger partial charge in [-0.3, -0.25) is 4.79 Å². The SMILES string of the molecule is COc1ccc(Cc2ncc3c(n2)CN(C(=O)C(C)(C)C)C3)cc1. The Kier molecular flexibility index (Phi) is 4.26. The molecule has 0 radical (unpaired) electrons. The molecular weight excluding hydrogens is 302 g/mol. The first-order valence-electron chi connectivity index (χ1n) is 8.13. The molecule has 0 unspecified atom stereocenters. The van der Waals surface area contributed by atoms with Crippen LogP contribution in [0.2, 0.25) is 0 Å². The monoisotopic (exact) mass is 325 g/mol. The Morgan fingerprint density at radius 3 is 2.54 bits per heavy atom. The van der Waals surface area contributed by atoms with Gasteiger partial charge in [0.1, 0.15) is 11.6 Å². The molecule has 0 bridgehead atoms. The quantitative estimate of drug-likeness (QED) is 0.870. The summed E-state index contributed by atoms with van der Waals surface area (Å²) in [5, 5.41) is 0. The van der Waals surface area contributed by atoms with Gasteiger partial charge in [0.15, 0.2) is 0 Å². The number of aromatic nitrogens is 2. The lowest BCUT2D eigenvalue weighted by atomic mass is 9.95. The molecular formula is C19H23N3O2. The van der Waals surface area contributed by atoms with Crippen LogP contribution in [-0.2, 0) is 24.3 Å². The molecule has 1 amide bonds. The number of hydrogen-bond acceptors (Lipinski definition) is 4. The van der Waals surface area contributed by atoms with E-state index < -0.39 is 0 Å². The second-order valence-corrected chi connectivity index (χ2v) is 7.19. The summed E-state index contributed by atoms with van der Waals surface area (Å²) in [5.74, 6) is 1.77. The third-order valence-corrected chi connectivity index (χ3v) is 4.16. The minimum atomic E-state index is -0.374. The largest absolute Gasteiger partial charge is 0.497 e. The van der Waals surface area contributed by atoms with Crippen LogP contribution in [-0.4, -0.2) is 27.9 Å². The maximum Gasteiger partial charge on any atom is 0.228 e. The van der Waals surface area contributed by atoms with Gasteiger partial charge in [-0.15, -0.1) is 0 Å². The Hall–Kier alpha value is -2.43. The minimum Gasteiger partial charge on any atom is -0.497 e. The van der Waals surface area contributed by atoms with Gasteiger partial charge >= 0.3 is 0 Å². The summed E-state index contributed by atoms with van der Waals surface area (Å²) in [7, 11) is 1.66. The number of fused-ring (bicyclic) bond motifs is 1. The molecule has 1 aliphatic heterocycles. The maximum absolute atomic E-state index is 12.4.